The summed E-state index contributed by atoms with van der Waals surface area (Å²) in [5.74, 6) is 1.24. The Bertz CT molecular complexity index is 448. The van der Waals surface area contributed by atoms with Crippen LogP contribution in [0, 0.1) is 0 Å². The zero-order valence-corrected chi connectivity index (χ0v) is 10.6. The minimum Gasteiger partial charge on any atom is -0.126 e. The van der Waals surface area contributed by atoms with Crippen LogP contribution in [0.3, 0.4) is 0 Å². The average molecular weight is 230 g/mol. The predicted octanol–water partition coefficient (Wildman–Crippen LogP) is 5.12. The highest BCUT2D eigenvalue weighted by Crippen LogP contribution is 2.24. The monoisotopic (exact) mass is 230 g/mol. The lowest BCUT2D eigenvalue weighted by Crippen LogP contribution is -1.80. The molecule has 0 aliphatic carbocycles. The molecule has 0 unspecified atom stereocenters. The second kappa shape index (κ2) is 5.95. The van der Waals surface area contributed by atoms with Gasteiger partial charge in [-0.2, -0.15) is 0 Å². The molecule has 0 atom stereocenters. The van der Waals surface area contributed by atoms with Gasteiger partial charge in [0.2, 0.25) is 0 Å². The SMILES string of the molecule is CCCCCSc1ccc2ccccc2c1. The van der Waals surface area contributed by atoms with E-state index in [-0.39, 0.29) is 0 Å². The summed E-state index contributed by atoms with van der Waals surface area (Å²) in [6.45, 7) is 2.25. The maximum atomic E-state index is 2.30. The van der Waals surface area contributed by atoms with Crippen molar-refractivity contribution in [3.05, 3.63) is 42.5 Å². The van der Waals surface area contributed by atoms with Crippen LogP contribution in [0.15, 0.2) is 47.4 Å². The molecule has 0 heterocycles. The molecule has 0 aliphatic heterocycles. The molecular weight excluding hydrogens is 212 g/mol. The van der Waals surface area contributed by atoms with Crippen molar-refractivity contribution >= 4 is 22.5 Å². The van der Waals surface area contributed by atoms with Gasteiger partial charge in [0.15, 0.2) is 0 Å². The fraction of sp³-hybridized carbons (Fsp3) is 0.333. The van der Waals surface area contributed by atoms with E-state index in [1.165, 1.54) is 40.7 Å². The summed E-state index contributed by atoms with van der Waals surface area (Å²) >= 11 is 1.98. The number of unbranched alkanes of at least 4 members (excludes halogenated alkanes) is 2. The Labute approximate surface area is 102 Å². The molecule has 0 saturated carbocycles. The second-order valence-corrected chi connectivity index (χ2v) is 5.23. The summed E-state index contributed by atoms with van der Waals surface area (Å²) in [4.78, 5) is 1.40. The van der Waals surface area contributed by atoms with E-state index in [4.69, 9.17) is 0 Å². The Kier molecular flexibility index (Phi) is 4.29. The molecule has 0 amide bonds. The zero-order valence-electron chi connectivity index (χ0n) is 9.78. The predicted molar refractivity (Wildman–Crippen MR) is 74.2 cm³/mol. The normalized spacial score (nSPS) is 10.8. The largest absolute Gasteiger partial charge is 0.126 e. The third-order valence-electron chi connectivity index (χ3n) is 2.74. The van der Waals surface area contributed by atoms with E-state index in [1.807, 2.05) is 11.8 Å². The van der Waals surface area contributed by atoms with Crippen molar-refractivity contribution in [3.63, 3.8) is 0 Å². The van der Waals surface area contributed by atoms with Crippen molar-refractivity contribution in [2.45, 2.75) is 31.1 Å². The highest BCUT2D eigenvalue weighted by atomic mass is 32.2. The molecular formula is C15H18S. The van der Waals surface area contributed by atoms with E-state index >= 15 is 0 Å². The molecule has 0 saturated heterocycles. The van der Waals surface area contributed by atoms with Gasteiger partial charge in [-0.15, -0.1) is 11.8 Å². The molecule has 0 bridgehead atoms. The second-order valence-electron chi connectivity index (χ2n) is 4.06. The molecule has 0 spiro atoms. The Hall–Kier alpha value is -0.950. The van der Waals surface area contributed by atoms with Crippen LogP contribution in [0.2, 0.25) is 0 Å². The van der Waals surface area contributed by atoms with Crippen molar-refractivity contribution in [2.75, 3.05) is 5.75 Å². The Morgan fingerprint density at radius 2 is 1.75 bits per heavy atom. The van der Waals surface area contributed by atoms with Crippen molar-refractivity contribution in [3.8, 4) is 0 Å². The molecule has 0 nitrogen and oxygen atoms in total. The Morgan fingerprint density at radius 1 is 0.938 bits per heavy atom. The lowest BCUT2D eigenvalue weighted by atomic mass is 10.1. The Morgan fingerprint density at radius 3 is 2.56 bits per heavy atom. The molecule has 0 fully saturated rings. The third-order valence-corrected chi connectivity index (χ3v) is 3.82. The van der Waals surface area contributed by atoms with E-state index in [0.717, 1.165) is 0 Å². The van der Waals surface area contributed by atoms with Crippen LogP contribution in [0.1, 0.15) is 26.2 Å². The van der Waals surface area contributed by atoms with Crippen LogP contribution < -0.4 is 0 Å². The van der Waals surface area contributed by atoms with Crippen LogP contribution in [-0.2, 0) is 0 Å². The van der Waals surface area contributed by atoms with E-state index in [9.17, 15) is 0 Å². The summed E-state index contributed by atoms with van der Waals surface area (Å²) in [7, 11) is 0. The van der Waals surface area contributed by atoms with E-state index in [2.05, 4.69) is 49.4 Å². The van der Waals surface area contributed by atoms with Gasteiger partial charge in [0.05, 0.1) is 0 Å². The van der Waals surface area contributed by atoms with E-state index in [1.54, 1.807) is 0 Å². The first kappa shape index (κ1) is 11.5. The summed E-state index contributed by atoms with van der Waals surface area (Å²) < 4.78 is 0. The maximum Gasteiger partial charge on any atom is 0.00783 e. The Balaban J connectivity index is 2.02. The quantitative estimate of drug-likeness (QED) is 0.507. The number of hydrogen-bond acceptors (Lipinski definition) is 1. The highest BCUT2D eigenvalue weighted by Gasteiger charge is 1.96. The molecule has 1 heteroatoms. The average Bonchev–Trinajstić information content (AvgIpc) is 2.34. The van der Waals surface area contributed by atoms with Crippen LogP contribution >= 0.6 is 11.8 Å². The first-order valence-electron chi connectivity index (χ1n) is 6.02. The fourth-order valence-corrected chi connectivity index (χ4v) is 2.76. The van der Waals surface area contributed by atoms with E-state index < -0.39 is 0 Å². The molecule has 0 N–H and O–H groups in total. The van der Waals surface area contributed by atoms with Gasteiger partial charge in [0, 0.05) is 4.90 Å². The topological polar surface area (TPSA) is 0 Å². The molecule has 2 aromatic rings. The number of benzene rings is 2. The van der Waals surface area contributed by atoms with Gasteiger partial charge in [-0.3, -0.25) is 0 Å². The molecule has 0 aromatic heterocycles. The number of hydrogen-bond donors (Lipinski definition) is 0. The fourth-order valence-electron chi connectivity index (χ4n) is 1.80. The zero-order chi connectivity index (χ0) is 11.2. The third kappa shape index (κ3) is 3.02. The van der Waals surface area contributed by atoms with Crippen LogP contribution in [0.5, 0.6) is 0 Å². The maximum absolute atomic E-state index is 2.30. The van der Waals surface area contributed by atoms with Crippen molar-refractivity contribution in [1.29, 1.82) is 0 Å². The van der Waals surface area contributed by atoms with Gasteiger partial charge in [0.1, 0.15) is 0 Å². The van der Waals surface area contributed by atoms with Crippen molar-refractivity contribution < 1.29 is 0 Å². The number of rotatable bonds is 5. The highest BCUT2D eigenvalue weighted by molar-refractivity contribution is 7.99. The van der Waals surface area contributed by atoms with Gasteiger partial charge in [-0.25, -0.2) is 0 Å². The van der Waals surface area contributed by atoms with Gasteiger partial charge in [-0.1, -0.05) is 50.1 Å². The summed E-state index contributed by atoms with van der Waals surface area (Å²) in [6.07, 6.45) is 3.98. The minimum absolute atomic E-state index is 1.24. The van der Waals surface area contributed by atoms with Gasteiger partial charge in [0.25, 0.3) is 0 Å². The van der Waals surface area contributed by atoms with Crippen LogP contribution in [0.25, 0.3) is 10.8 Å². The summed E-state index contributed by atoms with van der Waals surface area (Å²) in [6, 6.07) is 15.3. The summed E-state index contributed by atoms with van der Waals surface area (Å²) in [5.41, 5.74) is 0. The number of fused-ring (bicyclic) bond motifs is 1. The molecule has 0 radical (unpaired) electrons. The molecule has 2 rings (SSSR count). The first-order chi connectivity index (χ1) is 7.90. The lowest BCUT2D eigenvalue weighted by Gasteiger charge is -2.03. The standard InChI is InChI=1S/C15H18S/c1-2-3-6-11-16-15-10-9-13-7-4-5-8-14(13)12-15/h4-5,7-10,12H,2-3,6,11H2,1H3. The van der Waals surface area contributed by atoms with Gasteiger partial charge >= 0.3 is 0 Å². The van der Waals surface area contributed by atoms with Gasteiger partial charge < -0.3 is 0 Å². The van der Waals surface area contributed by atoms with Crippen molar-refractivity contribution in [2.24, 2.45) is 0 Å². The number of thioether (sulfide) groups is 1. The van der Waals surface area contributed by atoms with Crippen LogP contribution in [0.4, 0.5) is 0 Å². The first-order valence-corrected chi connectivity index (χ1v) is 7.00. The smallest absolute Gasteiger partial charge is 0.00783 e. The molecule has 0 aliphatic rings. The lowest BCUT2D eigenvalue weighted by molar-refractivity contribution is 0.778. The summed E-state index contributed by atoms with van der Waals surface area (Å²) in [5, 5.41) is 2.68. The van der Waals surface area contributed by atoms with Crippen molar-refractivity contribution in [1.82, 2.24) is 0 Å². The minimum atomic E-state index is 1.24. The van der Waals surface area contributed by atoms with E-state index in [0.29, 0.717) is 0 Å². The van der Waals surface area contributed by atoms with Gasteiger partial charge in [-0.05, 0) is 35.1 Å². The molecule has 16 heavy (non-hydrogen) atoms. The van der Waals surface area contributed by atoms with Crippen LogP contribution in [-0.4, -0.2) is 5.75 Å². The molecule has 84 valence electrons. The molecule has 2 aromatic carbocycles.